The highest BCUT2D eigenvalue weighted by Crippen LogP contribution is 2.39. The van der Waals surface area contributed by atoms with Crippen LogP contribution in [0.2, 0.25) is 0 Å². The Morgan fingerprint density at radius 1 is 1.29 bits per heavy atom. The van der Waals surface area contributed by atoms with E-state index in [0.29, 0.717) is 5.92 Å². The fraction of sp³-hybridized carbons (Fsp3) is 0.478. The van der Waals surface area contributed by atoms with Gasteiger partial charge in [0.15, 0.2) is 0 Å². The Labute approximate surface area is 172 Å². The average Bonchev–Trinajstić information content (AvgIpc) is 3.45. The summed E-state index contributed by atoms with van der Waals surface area (Å²) in [5.41, 5.74) is 1.73. The highest BCUT2D eigenvalue weighted by molar-refractivity contribution is 7.10. The summed E-state index contributed by atoms with van der Waals surface area (Å²) in [7, 11) is 0. The Hall–Kier alpha value is -2.16. The Morgan fingerprint density at radius 3 is 2.50 bits per heavy atom. The molecular weight excluding hydrogens is 366 g/mol. The lowest BCUT2D eigenvalue weighted by Gasteiger charge is -2.24. The molecule has 1 heterocycles. The summed E-state index contributed by atoms with van der Waals surface area (Å²) in [6.07, 6.45) is 3.14. The van der Waals surface area contributed by atoms with Crippen molar-refractivity contribution in [1.29, 1.82) is 5.26 Å². The quantitative estimate of drug-likeness (QED) is 0.644. The lowest BCUT2D eigenvalue weighted by Crippen LogP contribution is -2.49. The molecular formula is C23H29N3OS. The van der Waals surface area contributed by atoms with Crippen LogP contribution in [0, 0.1) is 17.2 Å². The summed E-state index contributed by atoms with van der Waals surface area (Å²) in [6, 6.07) is 15.0. The largest absolute Gasteiger partial charge is 0.337 e. The summed E-state index contributed by atoms with van der Waals surface area (Å²) in [5, 5.41) is 17.8. The van der Waals surface area contributed by atoms with Crippen molar-refractivity contribution in [3.8, 4) is 6.07 Å². The number of nitrogens with zero attached hydrogens (tertiary/aromatic N) is 1. The highest BCUT2D eigenvalue weighted by Gasteiger charge is 2.42. The van der Waals surface area contributed by atoms with E-state index in [-0.39, 0.29) is 24.4 Å². The molecule has 5 heteroatoms. The zero-order chi connectivity index (χ0) is 20.1. The van der Waals surface area contributed by atoms with Crippen molar-refractivity contribution in [3.05, 3.63) is 57.8 Å². The average molecular weight is 396 g/mol. The number of rotatable bonds is 9. The predicted octanol–water partition coefficient (Wildman–Crippen LogP) is 4.75. The first-order chi connectivity index (χ1) is 13.5. The third-order valence-corrected chi connectivity index (χ3v) is 6.71. The van der Waals surface area contributed by atoms with Crippen molar-refractivity contribution in [1.82, 2.24) is 10.6 Å². The molecule has 28 heavy (non-hydrogen) atoms. The van der Waals surface area contributed by atoms with Gasteiger partial charge in [0, 0.05) is 4.88 Å². The first-order valence-electron chi connectivity index (χ1n) is 10.1. The Morgan fingerprint density at radius 2 is 1.96 bits per heavy atom. The number of hydrogen-bond acceptors (Lipinski definition) is 4. The van der Waals surface area contributed by atoms with E-state index in [1.54, 1.807) is 11.3 Å². The first-order valence-corrected chi connectivity index (χ1v) is 10.9. The molecule has 2 aromatic rings. The van der Waals surface area contributed by atoms with Crippen LogP contribution in [0.3, 0.4) is 0 Å². The smallest absolute Gasteiger partial charge is 0.235 e. The van der Waals surface area contributed by atoms with Crippen LogP contribution in [-0.4, -0.2) is 18.0 Å². The summed E-state index contributed by atoms with van der Waals surface area (Å²) in [4.78, 5) is 13.7. The van der Waals surface area contributed by atoms with E-state index in [4.69, 9.17) is 0 Å². The van der Waals surface area contributed by atoms with Gasteiger partial charge in [0.2, 0.25) is 5.91 Å². The number of benzene rings is 1. The predicted molar refractivity (Wildman–Crippen MR) is 114 cm³/mol. The van der Waals surface area contributed by atoms with Crippen LogP contribution < -0.4 is 10.6 Å². The number of carbonyl (C=O) groups excluding carboxylic acids is 1. The van der Waals surface area contributed by atoms with E-state index in [9.17, 15) is 10.1 Å². The number of hydrogen-bond donors (Lipinski definition) is 2. The number of nitrogens with one attached hydrogen (secondary N) is 2. The van der Waals surface area contributed by atoms with Crippen LogP contribution in [0.5, 0.6) is 0 Å². The molecule has 0 aliphatic heterocycles. The second kappa shape index (κ2) is 8.89. The molecule has 148 valence electrons. The minimum Gasteiger partial charge on any atom is -0.337 e. The SMILES string of the molecule is CC[C@@H](C)c1ccc([C@H](NCC(=O)N[C@@](C)(C#N)C2CC2)c2cccs2)cc1. The fourth-order valence-electron chi connectivity index (χ4n) is 3.50. The van der Waals surface area contributed by atoms with Gasteiger partial charge in [0.25, 0.3) is 0 Å². The molecule has 1 aromatic carbocycles. The van der Waals surface area contributed by atoms with Crippen molar-refractivity contribution in [2.24, 2.45) is 5.92 Å². The maximum atomic E-state index is 12.5. The topological polar surface area (TPSA) is 64.9 Å². The zero-order valence-electron chi connectivity index (χ0n) is 16.9. The summed E-state index contributed by atoms with van der Waals surface area (Å²) in [5.74, 6) is 0.690. The normalized spacial score (nSPS) is 17.9. The molecule has 1 amide bonds. The van der Waals surface area contributed by atoms with Crippen LogP contribution in [0.25, 0.3) is 0 Å². The Kier molecular flexibility index (Phi) is 6.53. The standard InChI is InChI=1S/C23H29N3OS/c1-4-16(2)17-7-9-18(10-8-17)22(20-6-5-13-28-20)25-14-21(27)26-23(3,15-24)19-11-12-19/h5-10,13,16,19,22,25H,4,11-12,14H2,1-3H3,(H,26,27)/t16-,22+,23+/m1/s1. The van der Waals surface area contributed by atoms with Crippen LogP contribution in [-0.2, 0) is 4.79 Å². The molecule has 0 saturated heterocycles. The molecule has 1 aliphatic rings. The van der Waals surface area contributed by atoms with E-state index >= 15 is 0 Å². The van der Waals surface area contributed by atoms with Gasteiger partial charge in [-0.05, 0) is 60.6 Å². The monoisotopic (exact) mass is 395 g/mol. The van der Waals surface area contributed by atoms with Crippen LogP contribution in [0.4, 0.5) is 0 Å². The van der Waals surface area contributed by atoms with Gasteiger partial charge in [-0.1, -0.05) is 44.2 Å². The third-order valence-electron chi connectivity index (χ3n) is 5.77. The minimum absolute atomic E-state index is 0.0361. The second-order valence-corrected chi connectivity index (χ2v) is 8.92. The molecule has 3 rings (SSSR count). The van der Waals surface area contributed by atoms with E-state index in [0.717, 1.165) is 24.8 Å². The number of carbonyl (C=O) groups is 1. The lowest BCUT2D eigenvalue weighted by atomic mass is 9.95. The second-order valence-electron chi connectivity index (χ2n) is 7.94. The molecule has 1 fully saturated rings. The van der Waals surface area contributed by atoms with E-state index in [2.05, 4.69) is 66.3 Å². The highest BCUT2D eigenvalue weighted by atomic mass is 32.1. The van der Waals surface area contributed by atoms with Crippen LogP contribution in [0.1, 0.15) is 68.0 Å². The summed E-state index contributed by atoms with van der Waals surface area (Å²) in [6.45, 7) is 6.44. The summed E-state index contributed by atoms with van der Waals surface area (Å²) < 4.78 is 0. The van der Waals surface area contributed by atoms with Crippen LogP contribution >= 0.6 is 11.3 Å². The molecule has 0 unspecified atom stereocenters. The molecule has 1 saturated carbocycles. The number of thiophene rings is 1. The lowest BCUT2D eigenvalue weighted by molar-refractivity contribution is -0.121. The van der Waals surface area contributed by atoms with E-state index in [1.165, 1.54) is 10.4 Å². The van der Waals surface area contributed by atoms with Gasteiger partial charge in [-0.3, -0.25) is 10.1 Å². The number of amides is 1. The molecule has 1 aromatic heterocycles. The van der Waals surface area contributed by atoms with Gasteiger partial charge >= 0.3 is 0 Å². The molecule has 4 nitrogen and oxygen atoms in total. The third kappa shape index (κ3) is 4.81. The molecule has 2 N–H and O–H groups in total. The van der Waals surface area contributed by atoms with Crippen LogP contribution in [0.15, 0.2) is 41.8 Å². The Bertz CT molecular complexity index is 821. The van der Waals surface area contributed by atoms with Crippen molar-refractivity contribution in [3.63, 3.8) is 0 Å². The maximum Gasteiger partial charge on any atom is 0.235 e. The van der Waals surface area contributed by atoms with E-state index in [1.807, 2.05) is 13.0 Å². The fourth-order valence-corrected chi connectivity index (χ4v) is 4.33. The van der Waals surface area contributed by atoms with Gasteiger partial charge in [-0.2, -0.15) is 5.26 Å². The van der Waals surface area contributed by atoms with Crippen molar-refractivity contribution >= 4 is 17.2 Å². The molecule has 0 spiro atoms. The van der Waals surface area contributed by atoms with Gasteiger partial charge < -0.3 is 5.32 Å². The summed E-state index contributed by atoms with van der Waals surface area (Å²) >= 11 is 1.68. The van der Waals surface area contributed by atoms with Crippen molar-refractivity contribution in [2.45, 2.75) is 57.5 Å². The molecule has 3 atom stereocenters. The van der Waals surface area contributed by atoms with Gasteiger partial charge in [-0.15, -0.1) is 11.3 Å². The van der Waals surface area contributed by atoms with Gasteiger partial charge in [0.05, 0.1) is 18.7 Å². The molecule has 1 aliphatic carbocycles. The molecule has 0 radical (unpaired) electrons. The molecule has 0 bridgehead atoms. The van der Waals surface area contributed by atoms with Gasteiger partial charge in [0.1, 0.15) is 5.54 Å². The first kappa shape index (κ1) is 20.6. The number of nitriles is 1. The minimum atomic E-state index is -0.755. The zero-order valence-corrected chi connectivity index (χ0v) is 17.7. The van der Waals surface area contributed by atoms with Crippen molar-refractivity contribution < 1.29 is 4.79 Å². The van der Waals surface area contributed by atoms with Gasteiger partial charge in [-0.25, -0.2) is 0 Å². The Balaban J connectivity index is 1.69. The van der Waals surface area contributed by atoms with Crippen molar-refractivity contribution in [2.75, 3.05) is 6.54 Å². The maximum absolute atomic E-state index is 12.5. The van der Waals surface area contributed by atoms with E-state index < -0.39 is 5.54 Å².